The largest absolute Gasteiger partial charge is 0.474 e. The van der Waals surface area contributed by atoms with Gasteiger partial charge in [-0.1, -0.05) is 12.1 Å². The fourth-order valence-corrected chi connectivity index (χ4v) is 4.11. The summed E-state index contributed by atoms with van der Waals surface area (Å²) in [5.74, 6) is 0.686. The molecule has 0 spiro atoms. The summed E-state index contributed by atoms with van der Waals surface area (Å²) in [6.07, 6.45) is 3.66. The number of aromatic nitrogens is 7. The summed E-state index contributed by atoms with van der Waals surface area (Å²) in [4.78, 5) is 21.7. The van der Waals surface area contributed by atoms with Gasteiger partial charge in [0.1, 0.15) is 30.8 Å². The summed E-state index contributed by atoms with van der Waals surface area (Å²) in [5, 5.41) is 9.57. The number of nitrogens with one attached hydrogen (secondary N) is 2. The van der Waals surface area contributed by atoms with E-state index < -0.39 is 12.7 Å². The molecule has 2 N–H and O–H groups in total. The minimum absolute atomic E-state index is 0.0221. The van der Waals surface area contributed by atoms with Gasteiger partial charge < -0.3 is 15.4 Å². The number of fused-ring (bicyclic) bond motifs is 1. The van der Waals surface area contributed by atoms with Crippen molar-refractivity contribution < 1.29 is 17.9 Å². The van der Waals surface area contributed by atoms with E-state index in [1.807, 2.05) is 30.3 Å². The normalized spacial score (nSPS) is 13.7. The lowest BCUT2D eigenvalue weighted by molar-refractivity contribution is -0.115. The van der Waals surface area contributed by atoms with Gasteiger partial charge in [0, 0.05) is 24.4 Å². The standard InChI is InChI=1S/C27H24F3N9O/c28-27(29,30)14-34-25-24-22(10-9-21(36-24)18-6-11-23(32-13-18)40-20-2-1-3-20)37-26(38-25)33-12-17-4-7-19(8-5-17)39-16-31-15-35-39/h4-11,13,15-16,20H,1-3,12,14H2,(H2,33,34,37,38). The van der Waals surface area contributed by atoms with Crippen molar-refractivity contribution in [2.45, 2.75) is 38.1 Å². The van der Waals surface area contributed by atoms with Crippen LogP contribution in [0.4, 0.5) is 24.9 Å². The van der Waals surface area contributed by atoms with Crippen molar-refractivity contribution in [1.82, 2.24) is 34.7 Å². The molecule has 4 aromatic heterocycles. The third kappa shape index (κ3) is 5.92. The van der Waals surface area contributed by atoms with Crippen LogP contribution in [-0.4, -0.2) is 53.5 Å². The van der Waals surface area contributed by atoms with Crippen molar-refractivity contribution in [3.63, 3.8) is 0 Å². The van der Waals surface area contributed by atoms with Crippen molar-refractivity contribution in [3.05, 3.63) is 72.9 Å². The first-order chi connectivity index (χ1) is 19.4. The molecule has 1 saturated carbocycles. The van der Waals surface area contributed by atoms with E-state index in [-0.39, 0.29) is 23.4 Å². The Hall–Kier alpha value is -4.81. The average Bonchev–Trinajstić information content (AvgIpc) is 3.48. The Morgan fingerprint density at radius 3 is 2.48 bits per heavy atom. The van der Waals surface area contributed by atoms with E-state index in [9.17, 15) is 13.2 Å². The zero-order valence-corrected chi connectivity index (χ0v) is 21.1. The molecule has 0 amide bonds. The molecule has 0 unspecified atom stereocenters. The number of nitrogens with zero attached hydrogens (tertiary/aromatic N) is 7. The van der Waals surface area contributed by atoms with Crippen LogP contribution in [0.15, 0.2) is 67.4 Å². The number of hydrogen-bond acceptors (Lipinski definition) is 9. The summed E-state index contributed by atoms with van der Waals surface area (Å²) in [6, 6.07) is 14.6. The second-order valence-electron chi connectivity index (χ2n) is 9.34. The van der Waals surface area contributed by atoms with Gasteiger partial charge in [0.15, 0.2) is 5.82 Å². The Balaban J connectivity index is 1.23. The van der Waals surface area contributed by atoms with Crippen molar-refractivity contribution >= 4 is 22.8 Å². The Morgan fingerprint density at radius 2 is 1.80 bits per heavy atom. The molecule has 1 aromatic carbocycles. The fraction of sp³-hybridized carbons (Fsp3) is 0.259. The highest BCUT2D eigenvalue weighted by atomic mass is 19.4. The van der Waals surface area contributed by atoms with Crippen LogP contribution < -0.4 is 15.4 Å². The molecule has 40 heavy (non-hydrogen) atoms. The van der Waals surface area contributed by atoms with Gasteiger partial charge in [0.25, 0.3) is 0 Å². The number of alkyl halides is 3. The van der Waals surface area contributed by atoms with Gasteiger partial charge in [-0.15, -0.1) is 0 Å². The van der Waals surface area contributed by atoms with Crippen molar-refractivity contribution in [1.29, 1.82) is 0 Å². The maximum absolute atomic E-state index is 13.1. The molecule has 6 rings (SSSR count). The number of pyridine rings is 2. The highest BCUT2D eigenvalue weighted by Crippen LogP contribution is 2.28. The minimum atomic E-state index is -4.44. The smallest absolute Gasteiger partial charge is 0.405 e. The van der Waals surface area contributed by atoms with Gasteiger partial charge >= 0.3 is 6.18 Å². The van der Waals surface area contributed by atoms with Crippen LogP contribution in [0, 0.1) is 0 Å². The van der Waals surface area contributed by atoms with Gasteiger partial charge in [-0.2, -0.15) is 23.3 Å². The first kappa shape index (κ1) is 25.5. The summed E-state index contributed by atoms with van der Waals surface area (Å²) in [7, 11) is 0. The number of hydrogen-bond donors (Lipinski definition) is 2. The second-order valence-corrected chi connectivity index (χ2v) is 9.34. The van der Waals surface area contributed by atoms with Gasteiger partial charge in [0.2, 0.25) is 11.8 Å². The lowest BCUT2D eigenvalue weighted by atomic mass is 9.96. The van der Waals surface area contributed by atoms with Crippen LogP contribution >= 0.6 is 0 Å². The van der Waals surface area contributed by atoms with Gasteiger partial charge in [0.05, 0.1) is 16.9 Å². The maximum atomic E-state index is 13.1. The number of ether oxygens (including phenoxy) is 1. The van der Waals surface area contributed by atoms with Crippen LogP contribution in [0.25, 0.3) is 28.0 Å². The van der Waals surface area contributed by atoms with Crippen molar-refractivity contribution in [3.8, 4) is 22.8 Å². The van der Waals surface area contributed by atoms with Crippen molar-refractivity contribution in [2.75, 3.05) is 17.2 Å². The molecule has 1 aliphatic rings. The van der Waals surface area contributed by atoms with Crippen LogP contribution in [-0.2, 0) is 6.54 Å². The quantitative estimate of drug-likeness (QED) is 0.257. The van der Waals surface area contributed by atoms with Gasteiger partial charge in [-0.25, -0.2) is 24.6 Å². The summed E-state index contributed by atoms with van der Waals surface area (Å²) in [5.41, 5.74) is 3.61. The first-order valence-electron chi connectivity index (χ1n) is 12.7. The molecule has 0 aliphatic heterocycles. The lowest BCUT2D eigenvalue weighted by Gasteiger charge is -2.25. The number of anilines is 2. The number of halogens is 3. The second kappa shape index (κ2) is 10.8. The summed E-state index contributed by atoms with van der Waals surface area (Å²) >= 11 is 0. The Labute approximate surface area is 226 Å². The molecule has 10 nitrogen and oxygen atoms in total. The van der Waals surface area contributed by atoms with Gasteiger partial charge in [-0.3, -0.25) is 0 Å². The van der Waals surface area contributed by atoms with E-state index in [1.54, 1.807) is 35.4 Å². The van der Waals surface area contributed by atoms with Crippen LogP contribution in [0.3, 0.4) is 0 Å². The van der Waals surface area contributed by atoms with E-state index in [4.69, 9.17) is 4.74 Å². The Bertz CT molecular complexity index is 1590. The molecule has 0 bridgehead atoms. The van der Waals surface area contributed by atoms with E-state index in [1.165, 1.54) is 6.33 Å². The predicted molar refractivity (Wildman–Crippen MR) is 142 cm³/mol. The third-order valence-corrected chi connectivity index (χ3v) is 6.44. The molecular weight excluding hydrogens is 523 g/mol. The average molecular weight is 548 g/mol. The summed E-state index contributed by atoms with van der Waals surface area (Å²) in [6.45, 7) is -0.905. The zero-order chi connectivity index (χ0) is 27.5. The molecule has 204 valence electrons. The summed E-state index contributed by atoms with van der Waals surface area (Å²) < 4.78 is 46.7. The fourth-order valence-electron chi connectivity index (χ4n) is 4.11. The monoisotopic (exact) mass is 547 g/mol. The Morgan fingerprint density at radius 1 is 0.950 bits per heavy atom. The lowest BCUT2D eigenvalue weighted by Crippen LogP contribution is -2.24. The third-order valence-electron chi connectivity index (χ3n) is 6.44. The molecule has 4 heterocycles. The Kier molecular flexibility index (Phi) is 6.84. The first-order valence-corrected chi connectivity index (χ1v) is 12.7. The van der Waals surface area contributed by atoms with E-state index >= 15 is 0 Å². The maximum Gasteiger partial charge on any atom is 0.405 e. The predicted octanol–water partition coefficient (Wildman–Crippen LogP) is 5.19. The molecule has 5 aromatic rings. The molecule has 0 saturated heterocycles. The molecule has 13 heteroatoms. The van der Waals surface area contributed by atoms with Gasteiger partial charge in [-0.05, 0) is 55.2 Å². The van der Waals surface area contributed by atoms with E-state index in [0.717, 1.165) is 30.5 Å². The number of rotatable bonds is 9. The van der Waals surface area contributed by atoms with Crippen LogP contribution in [0.2, 0.25) is 0 Å². The minimum Gasteiger partial charge on any atom is -0.474 e. The molecule has 0 atom stereocenters. The number of benzene rings is 1. The molecule has 0 radical (unpaired) electrons. The van der Waals surface area contributed by atoms with Crippen molar-refractivity contribution in [2.24, 2.45) is 0 Å². The molecule has 1 aliphatic carbocycles. The highest BCUT2D eigenvalue weighted by molar-refractivity contribution is 5.88. The van der Waals surface area contributed by atoms with Crippen LogP contribution in [0.1, 0.15) is 24.8 Å². The van der Waals surface area contributed by atoms with E-state index in [2.05, 4.69) is 40.7 Å². The molecule has 1 fully saturated rings. The molecular formula is C27H24F3N9O. The highest BCUT2D eigenvalue weighted by Gasteiger charge is 2.27. The SMILES string of the molecule is FC(F)(F)CNc1nc(NCc2ccc(-n3cncn3)cc2)nc2ccc(-c3ccc(OC4CCC4)nc3)nc12. The van der Waals surface area contributed by atoms with Crippen LogP contribution in [0.5, 0.6) is 5.88 Å². The zero-order valence-electron chi connectivity index (χ0n) is 21.1. The van der Waals surface area contributed by atoms with E-state index in [0.29, 0.717) is 29.2 Å². The topological polar surface area (TPSA) is 116 Å².